The molecule has 1 fully saturated rings. The van der Waals surface area contributed by atoms with Gasteiger partial charge in [0.25, 0.3) is 5.56 Å². The topological polar surface area (TPSA) is 88.4 Å². The van der Waals surface area contributed by atoms with Gasteiger partial charge in [0.1, 0.15) is 0 Å². The second kappa shape index (κ2) is 7.77. The Morgan fingerprint density at radius 2 is 2.00 bits per heavy atom. The van der Waals surface area contributed by atoms with E-state index in [4.69, 9.17) is 4.98 Å². The first kappa shape index (κ1) is 19.5. The number of hydrogen-bond acceptors (Lipinski definition) is 6. The van der Waals surface area contributed by atoms with Gasteiger partial charge in [-0.3, -0.25) is 14.3 Å². The molecule has 0 radical (unpaired) electrons. The second-order valence-corrected chi connectivity index (χ2v) is 8.72. The van der Waals surface area contributed by atoms with Crippen LogP contribution in [0.4, 0.5) is 5.95 Å². The Labute approximate surface area is 159 Å². The normalized spacial score (nSPS) is 18.0. The number of rotatable bonds is 6. The van der Waals surface area contributed by atoms with Gasteiger partial charge in [-0.25, -0.2) is 13.4 Å². The Balaban J connectivity index is 1.95. The number of aromatic nitrogens is 3. The molecular weight excluding hydrogens is 366 g/mol. The van der Waals surface area contributed by atoms with E-state index in [1.165, 1.54) is 16.9 Å². The molecule has 27 heavy (non-hydrogen) atoms. The van der Waals surface area contributed by atoms with E-state index in [0.717, 1.165) is 18.4 Å². The van der Waals surface area contributed by atoms with Crippen LogP contribution in [0.1, 0.15) is 19.8 Å². The molecule has 1 atom stereocenters. The van der Waals surface area contributed by atoms with Crippen LogP contribution < -0.4 is 10.5 Å². The van der Waals surface area contributed by atoms with Crippen LogP contribution in [0.2, 0.25) is 0 Å². The number of pyridine rings is 1. The van der Waals surface area contributed by atoms with Crippen LogP contribution in [0.5, 0.6) is 0 Å². The maximum atomic E-state index is 12.5. The van der Waals surface area contributed by atoms with Crippen molar-refractivity contribution in [3.8, 4) is 11.3 Å². The minimum atomic E-state index is -3.25. The predicted molar refractivity (Wildman–Crippen MR) is 105 cm³/mol. The van der Waals surface area contributed by atoms with Gasteiger partial charge in [-0.05, 0) is 31.9 Å². The predicted octanol–water partition coefficient (Wildman–Crippen LogP) is 1.09. The van der Waals surface area contributed by atoms with Gasteiger partial charge in [-0.15, -0.1) is 0 Å². The summed E-state index contributed by atoms with van der Waals surface area (Å²) in [4.78, 5) is 23.2. The molecule has 0 saturated carbocycles. The van der Waals surface area contributed by atoms with Crippen molar-refractivity contribution in [3.63, 3.8) is 0 Å². The minimum Gasteiger partial charge on any atom is -0.341 e. The first-order valence-corrected chi connectivity index (χ1v) is 10.9. The summed E-state index contributed by atoms with van der Waals surface area (Å²) in [5, 5.41) is 0. The van der Waals surface area contributed by atoms with Crippen molar-refractivity contribution in [1.82, 2.24) is 18.8 Å². The quantitative estimate of drug-likeness (QED) is 0.733. The molecule has 0 spiro atoms. The molecule has 1 aliphatic rings. The first-order valence-electron chi connectivity index (χ1n) is 9.01. The molecule has 0 aliphatic carbocycles. The summed E-state index contributed by atoms with van der Waals surface area (Å²) in [6.45, 7) is 3.65. The molecule has 8 nitrogen and oxygen atoms in total. The fraction of sp³-hybridized carbons (Fsp3) is 0.500. The third kappa shape index (κ3) is 4.19. The zero-order chi connectivity index (χ0) is 19.6. The Kier molecular flexibility index (Phi) is 5.61. The van der Waals surface area contributed by atoms with Crippen LogP contribution in [0, 0.1) is 0 Å². The van der Waals surface area contributed by atoms with Crippen molar-refractivity contribution in [2.45, 2.75) is 25.8 Å². The van der Waals surface area contributed by atoms with Crippen LogP contribution in [-0.4, -0.2) is 59.2 Å². The van der Waals surface area contributed by atoms with E-state index < -0.39 is 10.0 Å². The molecule has 3 heterocycles. The van der Waals surface area contributed by atoms with Crippen molar-refractivity contribution < 1.29 is 8.42 Å². The molecule has 146 valence electrons. The number of sulfonamides is 1. The lowest BCUT2D eigenvalue weighted by molar-refractivity contribution is 0.388. The molecule has 1 saturated heterocycles. The van der Waals surface area contributed by atoms with E-state index in [-0.39, 0.29) is 11.6 Å². The fourth-order valence-corrected chi connectivity index (χ4v) is 4.69. The zero-order valence-electron chi connectivity index (χ0n) is 15.9. The third-order valence-electron chi connectivity index (χ3n) is 4.93. The molecule has 1 aliphatic heterocycles. The number of anilines is 1. The van der Waals surface area contributed by atoms with E-state index in [1.807, 2.05) is 24.0 Å². The largest absolute Gasteiger partial charge is 0.341 e. The minimum absolute atomic E-state index is 0.110. The van der Waals surface area contributed by atoms with Crippen molar-refractivity contribution in [2.75, 3.05) is 30.8 Å². The van der Waals surface area contributed by atoms with Crippen molar-refractivity contribution in [3.05, 3.63) is 40.9 Å². The molecule has 1 unspecified atom stereocenters. The summed E-state index contributed by atoms with van der Waals surface area (Å²) in [6.07, 6.45) is 6.22. The van der Waals surface area contributed by atoms with Gasteiger partial charge in [0.2, 0.25) is 16.0 Å². The van der Waals surface area contributed by atoms with Gasteiger partial charge < -0.3 is 4.90 Å². The summed E-state index contributed by atoms with van der Waals surface area (Å²) in [5.74, 6) is 0.539. The Hall–Kier alpha value is -2.26. The Bertz CT molecular complexity index is 959. The standard InChI is InChI=1S/C18H25N5O3S/c1-4-22(13-15-6-5-11-23(15)27(3,25)26)18-20-16(12-17(24)21(18)2)14-7-9-19-10-8-14/h7-10,12,15H,4-6,11,13H2,1-3H3. The van der Waals surface area contributed by atoms with Crippen LogP contribution in [-0.2, 0) is 17.1 Å². The Morgan fingerprint density at radius 3 is 2.63 bits per heavy atom. The highest BCUT2D eigenvalue weighted by molar-refractivity contribution is 7.88. The fourth-order valence-electron chi connectivity index (χ4n) is 3.52. The van der Waals surface area contributed by atoms with E-state index in [0.29, 0.717) is 31.3 Å². The number of hydrogen-bond donors (Lipinski definition) is 0. The van der Waals surface area contributed by atoms with E-state index in [1.54, 1.807) is 23.7 Å². The summed E-state index contributed by atoms with van der Waals surface area (Å²) >= 11 is 0. The summed E-state index contributed by atoms with van der Waals surface area (Å²) in [5.41, 5.74) is 1.25. The van der Waals surface area contributed by atoms with Crippen molar-refractivity contribution in [2.24, 2.45) is 7.05 Å². The Morgan fingerprint density at radius 1 is 1.30 bits per heavy atom. The average molecular weight is 391 g/mol. The average Bonchev–Trinajstić information content (AvgIpc) is 3.11. The molecule has 0 N–H and O–H groups in total. The highest BCUT2D eigenvalue weighted by Crippen LogP contribution is 2.24. The van der Waals surface area contributed by atoms with Gasteiger partial charge in [-0.1, -0.05) is 0 Å². The maximum absolute atomic E-state index is 12.5. The van der Waals surface area contributed by atoms with Gasteiger partial charge in [0.15, 0.2) is 0 Å². The monoisotopic (exact) mass is 391 g/mol. The van der Waals surface area contributed by atoms with E-state index >= 15 is 0 Å². The van der Waals surface area contributed by atoms with Crippen molar-refractivity contribution >= 4 is 16.0 Å². The van der Waals surface area contributed by atoms with Crippen LogP contribution in [0.25, 0.3) is 11.3 Å². The summed E-state index contributed by atoms with van der Waals surface area (Å²) < 4.78 is 27.1. The van der Waals surface area contributed by atoms with E-state index in [9.17, 15) is 13.2 Å². The lowest BCUT2D eigenvalue weighted by Gasteiger charge is -2.30. The molecule has 3 rings (SSSR count). The van der Waals surface area contributed by atoms with Crippen molar-refractivity contribution in [1.29, 1.82) is 0 Å². The lowest BCUT2D eigenvalue weighted by Crippen LogP contribution is -2.44. The van der Waals surface area contributed by atoms with Gasteiger partial charge in [0, 0.05) is 56.7 Å². The molecule has 0 bridgehead atoms. The van der Waals surface area contributed by atoms with Gasteiger partial charge >= 0.3 is 0 Å². The first-order chi connectivity index (χ1) is 12.8. The van der Waals surface area contributed by atoms with Crippen LogP contribution >= 0.6 is 0 Å². The van der Waals surface area contributed by atoms with Crippen LogP contribution in [0.3, 0.4) is 0 Å². The maximum Gasteiger partial charge on any atom is 0.255 e. The van der Waals surface area contributed by atoms with Gasteiger partial charge in [0.05, 0.1) is 11.9 Å². The van der Waals surface area contributed by atoms with E-state index in [2.05, 4.69) is 4.98 Å². The molecular formula is C18H25N5O3S. The van der Waals surface area contributed by atoms with Crippen LogP contribution in [0.15, 0.2) is 35.4 Å². The summed E-state index contributed by atoms with van der Waals surface area (Å²) in [7, 11) is -1.56. The molecule has 9 heteroatoms. The smallest absolute Gasteiger partial charge is 0.255 e. The van der Waals surface area contributed by atoms with Gasteiger partial charge in [-0.2, -0.15) is 4.31 Å². The molecule has 2 aromatic heterocycles. The molecule has 2 aromatic rings. The highest BCUT2D eigenvalue weighted by Gasteiger charge is 2.33. The number of nitrogens with zero attached hydrogens (tertiary/aromatic N) is 5. The second-order valence-electron chi connectivity index (χ2n) is 6.78. The number of likely N-dealkylation sites (N-methyl/N-ethyl adjacent to an activating group) is 1. The zero-order valence-corrected chi connectivity index (χ0v) is 16.7. The molecule has 0 amide bonds. The summed E-state index contributed by atoms with van der Waals surface area (Å²) in [6, 6.07) is 5.01. The highest BCUT2D eigenvalue weighted by atomic mass is 32.2. The third-order valence-corrected chi connectivity index (χ3v) is 6.26. The SMILES string of the molecule is CCN(CC1CCCN1S(C)(=O)=O)c1nc(-c2ccncc2)cc(=O)n1C. The lowest BCUT2D eigenvalue weighted by atomic mass is 10.2. The molecule has 0 aromatic carbocycles.